The molecule has 0 aliphatic carbocycles. The van der Waals surface area contributed by atoms with Crippen LogP contribution in [0.2, 0.25) is 5.02 Å². The van der Waals surface area contributed by atoms with Crippen molar-refractivity contribution >= 4 is 17.6 Å². The van der Waals surface area contributed by atoms with Gasteiger partial charge in [-0.3, -0.25) is 0 Å². The molecule has 2 amide bonds. The van der Waals surface area contributed by atoms with E-state index < -0.39 is 5.82 Å². The summed E-state index contributed by atoms with van der Waals surface area (Å²) in [5, 5.41) is 2.85. The monoisotopic (exact) mass is 378 g/mol. The molecule has 0 aromatic heterocycles. The van der Waals surface area contributed by atoms with Crippen molar-refractivity contribution in [1.82, 2.24) is 10.2 Å². The Morgan fingerprint density at radius 2 is 2.08 bits per heavy atom. The average Bonchev–Trinajstić information content (AvgIpc) is 2.66. The van der Waals surface area contributed by atoms with Crippen molar-refractivity contribution in [3.8, 4) is 11.5 Å². The van der Waals surface area contributed by atoms with Gasteiger partial charge in [-0.25, -0.2) is 9.18 Å². The number of fused-ring (bicyclic) bond motifs is 1. The molecular weight excluding hydrogens is 359 g/mol. The first-order valence-corrected chi connectivity index (χ1v) is 8.79. The van der Waals surface area contributed by atoms with Gasteiger partial charge in [-0.15, -0.1) is 0 Å². The third-order valence-electron chi connectivity index (χ3n) is 4.09. The van der Waals surface area contributed by atoms with Crippen LogP contribution in [0, 0.1) is 5.82 Å². The summed E-state index contributed by atoms with van der Waals surface area (Å²) >= 11 is 5.76. The third kappa shape index (κ3) is 4.38. The molecule has 1 heterocycles. The normalized spacial score (nSPS) is 15.4. The molecule has 0 saturated carbocycles. The molecule has 1 aliphatic rings. The second-order valence-electron chi connectivity index (χ2n) is 5.94. The maximum absolute atomic E-state index is 13.2. The van der Waals surface area contributed by atoms with E-state index in [0.29, 0.717) is 31.2 Å². The van der Waals surface area contributed by atoms with Gasteiger partial charge in [0, 0.05) is 13.1 Å². The molecule has 26 heavy (non-hydrogen) atoms. The molecule has 0 bridgehead atoms. The first kappa shape index (κ1) is 18.3. The Labute approximate surface area is 156 Å². The molecule has 0 spiro atoms. The summed E-state index contributed by atoms with van der Waals surface area (Å²) in [5.41, 5.74) is 0.729. The zero-order valence-corrected chi connectivity index (χ0v) is 15.1. The minimum atomic E-state index is -0.480. The molecule has 7 heteroatoms. The zero-order chi connectivity index (χ0) is 18.5. The van der Waals surface area contributed by atoms with Gasteiger partial charge < -0.3 is 19.7 Å². The molecule has 1 aliphatic heterocycles. The fraction of sp³-hybridized carbons (Fsp3) is 0.316. The van der Waals surface area contributed by atoms with Crippen LogP contribution in [0.15, 0.2) is 42.5 Å². The maximum Gasteiger partial charge on any atom is 0.317 e. The molecule has 1 atom stereocenters. The van der Waals surface area contributed by atoms with Gasteiger partial charge in [0.05, 0.1) is 11.6 Å². The molecule has 1 unspecified atom stereocenters. The zero-order valence-electron chi connectivity index (χ0n) is 14.4. The number of hydrogen-bond donors (Lipinski definition) is 1. The Morgan fingerprint density at radius 3 is 2.81 bits per heavy atom. The number of ether oxygens (including phenoxy) is 2. The molecule has 5 nitrogen and oxygen atoms in total. The van der Waals surface area contributed by atoms with E-state index in [9.17, 15) is 9.18 Å². The van der Waals surface area contributed by atoms with Gasteiger partial charge >= 0.3 is 6.03 Å². The second kappa shape index (κ2) is 8.27. The number of hydrogen-bond acceptors (Lipinski definition) is 3. The molecule has 3 rings (SSSR count). The van der Waals surface area contributed by atoms with Crippen molar-refractivity contribution in [2.75, 3.05) is 19.7 Å². The fourth-order valence-corrected chi connectivity index (χ4v) is 2.90. The van der Waals surface area contributed by atoms with Crippen molar-refractivity contribution in [2.45, 2.75) is 19.6 Å². The van der Waals surface area contributed by atoms with Gasteiger partial charge in [0.1, 0.15) is 12.4 Å². The van der Waals surface area contributed by atoms with Crippen LogP contribution in [0.4, 0.5) is 9.18 Å². The highest BCUT2D eigenvalue weighted by Crippen LogP contribution is 2.31. The van der Waals surface area contributed by atoms with E-state index in [0.717, 1.165) is 5.56 Å². The van der Waals surface area contributed by atoms with Crippen molar-refractivity contribution < 1.29 is 18.7 Å². The highest BCUT2D eigenvalue weighted by atomic mass is 35.5. The first-order valence-electron chi connectivity index (χ1n) is 8.42. The molecule has 0 saturated heterocycles. The van der Waals surface area contributed by atoms with E-state index in [-0.39, 0.29) is 23.7 Å². The second-order valence-corrected chi connectivity index (χ2v) is 6.35. The lowest BCUT2D eigenvalue weighted by atomic mass is 10.2. The molecule has 1 N–H and O–H groups in total. The number of urea groups is 1. The summed E-state index contributed by atoms with van der Waals surface area (Å²) in [7, 11) is 0. The fourth-order valence-electron chi connectivity index (χ4n) is 2.69. The average molecular weight is 379 g/mol. The van der Waals surface area contributed by atoms with Crippen LogP contribution in [-0.2, 0) is 6.54 Å². The highest BCUT2D eigenvalue weighted by molar-refractivity contribution is 6.30. The topological polar surface area (TPSA) is 50.8 Å². The Balaban J connectivity index is 1.55. The van der Waals surface area contributed by atoms with E-state index in [1.54, 1.807) is 11.0 Å². The number of carbonyl (C=O) groups excluding carboxylic acids is 1. The number of rotatable bonds is 5. The lowest BCUT2D eigenvalue weighted by Crippen LogP contribution is -2.47. The lowest BCUT2D eigenvalue weighted by Gasteiger charge is -2.31. The summed E-state index contributed by atoms with van der Waals surface area (Å²) in [6.45, 7) is 3.47. The number of carbonyl (C=O) groups is 1. The van der Waals surface area contributed by atoms with Gasteiger partial charge in [0.2, 0.25) is 0 Å². The maximum atomic E-state index is 13.2. The highest BCUT2D eigenvalue weighted by Gasteiger charge is 2.24. The van der Waals surface area contributed by atoms with Gasteiger partial charge in [-0.1, -0.05) is 29.8 Å². The van der Waals surface area contributed by atoms with Gasteiger partial charge in [-0.2, -0.15) is 0 Å². The van der Waals surface area contributed by atoms with E-state index >= 15 is 0 Å². The molecule has 2 aromatic carbocycles. The molecule has 2 aromatic rings. The summed E-state index contributed by atoms with van der Waals surface area (Å²) in [6, 6.07) is 11.6. The van der Waals surface area contributed by atoms with E-state index in [1.807, 2.05) is 31.2 Å². The van der Waals surface area contributed by atoms with Crippen LogP contribution in [-0.4, -0.2) is 36.7 Å². The van der Waals surface area contributed by atoms with Crippen molar-refractivity contribution in [3.05, 3.63) is 58.9 Å². The van der Waals surface area contributed by atoms with Crippen LogP contribution in [0.5, 0.6) is 11.5 Å². The SMILES string of the molecule is CCN(CC1COc2ccccc2O1)C(=O)NCc1ccc(F)c(Cl)c1. The van der Waals surface area contributed by atoms with Crippen LogP contribution >= 0.6 is 11.6 Å². The minimum absolute atomic E-state index is 0.0375. The summed E-state index contributed by atoms with van der Waals surface area (Å²) < 4.78 is 24.8. The largest absolute Gasteiger partial charge is 0.486 e. The summed E-state index contributed by atoms with van der Waals surface area (Å²) in [6.07, 6.45) is -0.240. The third-order valence-corrected chi connectivity index (χ3v) is 4.38. The smallest absolute Gasteiger partial charge is 0.317 e. The molecule has 138 valence electrons. The predicted molar refractivity (Wildman–Crippen MR) is 97.2 cm³/mol. The van der Waals surface area contributed by atoms with Crippen molar-refractivity contribution in [2.24, 2.45) is 0 Å². The number of nitrogens with zero attached hydrogens (tertiary/aromatic N) is 1. The van der Waals surface area contributed by atoms with E-state index in [4.69, 9.17) is 21.1 Å². The summed E-state index contributed by atoms with van der Waals surface area (Å²) in [5.74, 6) is 0.914. The number of nitrogens with one attached hydrogen (secondary N) is 1. The summed E-state index contributed by atoms with van der Waals surface area (Å²) in [4.78, 5) is 14.1. The molecule has 0 fully saturated rings. The Morgan fingerprint density at radius 1 is 1.31 bits per heavy atom. The van der Waals surface area contributed by atoms with Crippen molar-refractivity contribution in [3.63, 3.8) is 0 Å². The van der Waals surface area contributed by atoms with Crippen LogP contribution < -0.4 is 14.8 Å². The number of amides is 2. The van der Waals surface area contributed by atoms with Gasteiger partial charge in [0.25, 0.3) is 0 Å². The molecular formula is C19H20ClFN2O3. The minimum Gasteiger partial charge on any atom is -0.486 e. The number of halogens is 2. The quantitative estimate of drug-likeness (QED) is 0.859. The van der Waals surface area contributed by atoms with E-state index in [2.05, 4.69) is 5.32 Å². The predicted octanol–water partition coefficient (Wildman–Crippen LogP) is 3.85. The Bertz CT molecular complexity index is 787. The number of para-hydroxylation sites is 2. The number of likely N-dealkylation sites (N-methyl/N-ethyl adjacent to an activating group) is 1. The van der Waals surface area contributed by atoms with Gasteiger partial charge in [-0.05, 0) is 36.8 Å². The number of benzene rings is 2. The van der Waals surface area contributed by atoms with Crippen LogP contribution in [0.3, 0.4) is 0 Å². The van der Waals surface area contributed by atoms with Crippen molar-refractivity contribution in [1.29, 1.82) is 0 Å². The Hall–Kier alpha value is -2.47. The molecule has 0 radical (unpaired) electrons. The lowest BCUT2D eigenvalue weighted by molar-refractivity contribution is 0.0675. The Kier molecular flexibility index (Phi) is 5.83. The van der Waals surface area contributed by atoms with E-state index in [1.165, 1.54) is 12.1 Å². The first-order chi connectivity index (χ1) is 12.6. The van der Waals surface area contributed by atoms with Crippen LogP contribution in [0.25, 0.3) is 0 Å². The standard InChI is InChI=1S/C19H20ClFN2O3/c1-2-23(11-14-12-25-17-5-3-4-6-18(17)26-14)19(24)22-10-13-7-8-16(21)15(20)9-13/h3-9,14H,2,10-12H2,1H3,(H,22,24). The van der Waals surface area contributed by atoms with Crippen LogP contribution in [0.1, 0.15) is 12.5 Å². The van der Waals surface area contributed by atoms with Gasteiger partial charge in [0.15, 0.2) is 17.6 Å².